The highest BCUT2D eigenvalue weighted by atomic mass is 16.5. The summed E-state index contributed by atoms with van der Waals surface area (Å²) in [5.74, 6) is -2.02. The number of amides is 3. The number of Topliss-reactive ketones (excluding diaryl/α,β-unsaturated/α-hetero) is 1. The number of hydrogen-bond donors (Lipinski definition) is 4. The van der Waals surface area contributed by atoms with Gasteiger partial charge in [-0.25, -0.2) is 0 Å². The maximum atomic E-state index is 13.6. The number of carbonyl (C=O) groups is 5. The fraction of sp³-hybridized carbons (Fsp3) is 0.567. The first kappa shape index (κ1) is 31.0. The van der Waals surface area contributed by atoms with E-state index in [4.69, 9.17) is 9.47 Å². The molecule has 1 aromatic heterocycles. The number of nitrogens with one attached hydrogen (secondary N) is 4. The van der Waals surface area contributed by atoms with Gasteiger partial charge in [-0.3, -0.25) is 28.9 Å². The van der Waals surface area contributed by atoms with Crippen molar-refractivity contribution >= 4 is 40.4 Å². The standard InChI is InChI=1S/C30H41N5O7/c1-17(2)13-22(34-29(39)23-15-19-20(32-23)7-5-9-26(19)41-4)28(38)33-21(14-18-10-11-31-27(18)37)25(36)16-42-30(40)24-8-6-12-35(24)3/h5,7,9,15,17-18,21-22,24,32H,6,8,10-14,16H2,1-4H3,(H,31,37)(H,33,38)(H,34,39)/t18-,21-,22-,24+/m0/s1. The number of nitrogens with zero attached hydrogens (tertiary/aromatic N) is 1. The Hall–Kier alpha value is -3.93. The minimum Gasteiger partial charge on any atom is -0.496 e. The number of carbonyl (C=O) groups excluding carboxylic acids is 5. The largest absolute Gasteiger partial charge is 0.496 e. The molecule has 0 saturated carbocycles. The van der Waals surface area contributed by atoms with Gasteiger partial charge in [0.15, 0.2) is 12.4 Å². The van der Waals surface area contributed by atoms with Crippen molar-refractivity contribution in [2.75, 3.05) is 33.9 Å². The van der Waals surface area contributed by atoms with Crippen molar-refractivity contribution in [1.29, 1.82) is 0 Å². The second-order valence-electron chi connectivity index (χ2n) is 11.5. The molecule has 4 rings (SSSR count). The number of methoxy groups -OCH3 is 1. The number of aromatic nitrogens is 1. The van der Waals surface area contributed by atoms with Crippen molar-refractivity contribution in [2.45, 2.75) is 64.1 Å². The van der Waals surface area contributed by atoms with Crippen LogP contribution in [-0.2, 0) is 23.9 Å². The van der Waals surface area contributed by atoms with E-state index in [0.717, 1.165) is 18.4 Å². The van der Waals surface area contributed by atoms with Crippen LogP contribution < -0.4 is 20.7 Å². The average molecular weight is 584 g/mol. The molecule has 42 heavy (non-hydrogen) atoms. The topological polar surface area (TPSA) is 159 Å². The third-order valence-corrected chi connectivity index (χ3v) is 7.95. The summed E-state index contributed by atoms with van der Waals surface area (Å²) in [5, 5.41) is 9.03. The molecule has 3 amide bonds. The normalized spacial score (nSPS) is 20.3. The lowest BCUT2D eigenvalue weighted by molar-refractivity contribution is -0.152. The smallest absolute Gasteiger partial charge is 0.323 e. The summed E-state index contributed by atoms with van der Waals surface area (Å²) in [6.45, 7) is 4.60. The third-order valence-electron chi connectivity index (χ3n) is 7.95. The number of fused-ring (bicyclic) bond motifs is 1. The van der Waals surface area contributed by atoms with Gasteiger partial charge in [-0.1, -0.05) is 19.9 Å². The Bertz CT molecular complexity index is 1320. The molecule has 1 aromatic carbocycles. The Labute approximate surface area is 245 Å². The van der Waals surface area contributed by atoms with E-state index in [2.05, 4.69) is 20.9 Å². The van der Waals surface area contributed by atoms with Gasteiger partial charge in [0.05, 0.1) is 13.2 Å². The van der Waals surface area contributed by atoms with E-state index in [9.17, 15) is 24.0 Å². The number of ether oxygens (including phenoxy) is 2. The second kappa shape index (κ2) is 13.8. The van der Waals surface area contributed by atoms with E-state index in [1.165, 1.54) is 0 Å². The number of rotatable bonds is 13. The van der Waals surface area contributed by atoms with E-state index >= 15 is 0 Å². The van der Waals surface area contributed by atoms with E-state index in [-0.39, 0.29) is 23.9 Å². The predicted octanol–water partition coefficient (Wildman–Crippen LogP) is 1.54. The number of benzene rings is 1. The quantitative estimate of drug-likeness (QED) is 0.259. The molecule has 3 heterocycles. The minimum absolute atomic E-state index is 0.0444. The highest BCUT2D eigenvalue weighted by molar-refractivity contribution is 6.02. The molecule has 0 radical (unpaired) electrons. The van der Waals surface area contributed by atoms with Crippen molar-refractivity contribution in [2.24, 2.45) is 11.8 Å². The first-order valence-corrected chi connectivity index (χ1v) is 14.5. The van der Waals surface area contributed by atoms with Crippen LogP contribution in [0.15, 0.2) is 24.3 Å². The number of ketones is 1. The molecule has 0 aliphatic carbocycles. The molecular weight excluding hydrogens is 542 g/mol. The van der Waals surface area contributed by atoms with Gasteiger partial charge in [-0.05, 0) is 69.8 Å². The van der Waals surface area contributed by atoms with Gasteiger partial charge >= 0.3 is 5.97 Å². The van der Waals surface area contributed by atoms with Crippen molar-refractivity contribution in [3.63, 3.8) is 0 Å². The summed E-state index contributed by atoms with van der Waals surface area (Å²) in [4.78, 5) is 69.9. The van der Waals surface area contributed by atoms with Gasteiger partial charge in [0.1, 0.15) is 23.5 Å². The Kier molecular flexibility index (Phi) is 10.2. The van der Waals surface area contributed by atoms with Gasteiger partial charge in [0.25, 0.3) is 5.91 Å². The molecule has 12 nitrogen and oxygen atoms in total. The lowest BCUT2D eigenvalue weighted by Gasteiger charge is -2.25. The van der Waals surface area contributed by atoms with Crippen LogP contribution in [0, 0.1) is 11.8 Å². The second-order valence-corrected chi connectivity index (χ2v) is 11.5. The SMILES string of the molecule is COc1cccc2[nH]c(C(=O)N[C@@H](CC(C)C)C(=O)N[C@@H](C[C@@H]3CCNC3=O)C(=O)COC(=O)[C@H]3CCCN3C)cc12. The summed E-state index contributed by atoms with van der Waals surface area (Å²) < 4.78 is 10.7. The summed E-state index contributed by atoms with van der Waals surface area (Å²) in [7, 11) is 3.38. The average Bonchev–Trinajstić information content (AvgIpc) is 3.70. The number of likely N-dealkylation sites (tertiary alicyclic amines) is 1. The van der Waals surface area contributed by atoms with Gasteiger partial charge in [-0.15, -0.1) is 0 Å². The van der Waals surface area contributed by atoms with Gasteiger partial charge in [0, 0.05) is 23.4 Å². The van der Waals surface area contributed by atoms with E-state index in [0.29, 0.717) is 37.1 Å². The first-order valence-electron chi connectivity index (χ1n) is 14.5. The first-order chi connectivity index (χ1) is 20.1. The number of esters is 1. The fourth-order valence-electron chi connectivity index (χ4n) is 5.61. The zero-order chi connectivity index (χ0) is 30.4. The zero-order valence-electron chi connectivity index (χ0n) is 24.7. The predicted molar refractivity (Wildman–Crippen MR) is 155 cm³/mol. The minimum atomic E-state index is -1.07. The highest BCUT2D eigenvalue weighted by Gasteiger charge is 2.35. The Balaban J connectivity index is 1.47. The molecule has 4 N–H and O–H groups in total. The van der Waals surface area contributed by atoms with Crippen LogP contribution in [0.3, 0.4) is 0 Å². The maximum Gasteiger partial charge on any atom is 0.323 e. The highest BCUT2D eigenvalue weighted by Crippen LogP contribution is 2.26. The van der Waals surface area contributed by atoms with E-state index < -0.39 is 54.2 Å². The van der Waals surface area contributed by atoms with Crippen molar-refractivity contribution in [3.8, 4) is 5.75 Å². The van der Waals surface area contributed by atoms with Crippen LogP contribution in [-0.4, -0.2) is 91.3 Å². The molecular formula is C30H41N5O7. The number of aromatic amines is 1. The Morgan fingerprint density at radius 1 is 1.12 bits per heavy atom. The lowest BCUT2D eigenvalue weighted by Crippen LogP contribution is -2.53. The van der Waals surface area contributed by atoms with E-state index in [1.54, 1.807) is 25.3 Å². The van der Waals surface area contributed by atoms with Crippen LogP contribution in [0.2, 0.25) is 0 Å². The molecule has 2 saturated heterocycles. The molecule has 2 aliphatic heterocycles. The Morgan fingerprint density at radius 3 is 2.55 bits per heavy atom. The maximum absolute atomic E-state index is 13.6. The summed E-state index contributed by atoms with van der Waals surface area (Å²) in [5.41, 5.74) is 0.971. The van der Waals surface area contributed by atoms with Crippen LogP contribution in [0.1, 0.15) is 56.4 Å². The van der Waals surface area contributed by atoms with Crippen LogP contribution in [0.5, 0.6) is 5.75 Å². The van der Waals surface area contributed by atoms with E-state index in [1.807, 2.05) is 31.9 Å². The fourth-order valence-corrected chi connectivity index (χ4v) is 5.61. The number of hydrogen-bond acceptors (Lipinski definition) is 8. The van der Waals surface area contributed by atoms with Crippen molar-refractivity contribution in [3.05, 3.63) is 30.0 Å². The lowest BCUT2D eigenvalue weighted by atomic mass is 9.95. The third kappa shape index (κ3) is 7.47. The molecule has 4 atom stereocenters. The van der Waals surface area contributed by atoms with Gasteiger partial charge in [-0.2, -0.15) is 0 Å². The van der Waals surface area contributed by atoms with Crippen LogP contribution in [0.4, 0.5) is 0 Å². The molecule has 2 aromatic rings. The zero-order valence-corrected chi connectivity index (χ0v) is 24.7. The summed E-state index contributed by atoms with van der Waals surface area (Å²) in [6, 6.07) is 4.66. The van der Waals surface area contributed by atoms with Crippen molar-refractivity contribution in [1.82, 2.24) is 25.8 Å². The number of H-pyrrole nitrogens is 1. The molecule has 0 bridgehead atoms. The molecule has 2 aliphatic rings. The Morgan fingerprint density at radius 2 is 1.90 bits per heavy atom. The summed E-state index contributed by atoms with van der Waals surface area (Å²) >= 11 is 0. The molecule has 0 unspecified atom stereocenters. The number of likely N-dealkylation sites (N-methyl/N-ethyl adjacent to an activating group) is 1. The summed E-state index contributed by atoms with van der Waals surface area (Å²) in [6.07, 6.45) is 2.44. The monoisotopic (exact) mass is 583 g/mol. The molecule has 0 spiro atoms. The molecule has 228 valence electrons. The van der Waals surface area contributed by atoms with Crippen LogP contribution >= 0.6 is 0 Å². The molecule has 12 heteroatoms. The van der Waals surface area contributed by atoms with Gasteiger partial charge < -0.3 is 30.4 Å². The van der Waals surface area contributed by atoms with Gasteiger partial charge in [0.2, 0.25) is 11.8 Å². The van der Waals surface area contributed by atoms with Crippen molar-refractivity contribution < 1.29 is 33.4 Å². The molecule has 2 fully saturated rings. The van der Waals surface area contributed by atoms with Crippen LogP contribution in [0.25, 0.3) is 10.9 Å².